The summed E-state index contributed by atoms with van der Waals surface area (Å²) in [6.45, 7) is 8.79. The van der Waals surface area contributed by atoms with Gasteiger partial charge in [0.1, 0.15) is 0 Å². The number of hydrogen-bond donors (Lipinski definition) is 2. The number of rotatable bonds is 8. The quantitative estimate of drug-likeness (QED) is 0.248. The zero-order chi connectivity index (χ0) is 16.4. The van der Waals surface area contributed by atoms with Crippen LogP contribution in [0.1, 0.15) is 33.1 Å². The number of likely N-dealkylation sites (tertiary alicyclic amines) is 1. The number of nitrogens with one attached hydrogen (secondary N) is 2. The van der Waals surface area contributed by atoms with Gasteiger partial charge in [0.15, 0.2) is 15.8 Å². The molecular weight excluding hydrogens is 427 g/mol. The molecule has 23 heavy (non-hydrogen) atoms. The summed E-state index contributed by atoms with van der Waals surface area (Å²) in [7, 11) is -1.22. The van der Waals surface area contributed by atoms with Crippen molar-refractivity contribution in [3.8, 4) is 0 Å². The molecule has 138 valence electrons. The number of guanidine groups is 1. The Morgan fingerprint density at radius 1 is 1.22 bits per heavy atom. The molecule has 0 atom stereocenters. The molecule has 0 aromatic carbocycles. The van der Waals surface area contributed by atoms with Crippen LogP contribution in [0, 0.1) is 5.92 Å². The first kappa shape index (κ1) is 22.9. The van der Waals surface area contributed by atoms with Gasteiger partial charge in [-0.2, -0.15) is 0 Å². The lowest BCUT2D eigenvalue weighted by atomic mass is 9.99. The van der Waals surface area contributed by atoms with Crippen LogP contribution >= 0.6 is 24.0 Å². The molecule has 1 fully saturated rings. The predicted molar refractivity (Wildman–Crippen MR) is 109 cm³/mol. The molecule has 0 aromatic heterocycles. The first-order valence-electron chi connectivity index (χ1n) is 8.34. The minimum absolute atomic E-state index is 0. The lowest BCUT2D eigenvalue weighted by Gasteiger charge is -2.30. The number of aliphatic imine (C=N–C) groups is 1. The van der Waals surface area contributed by atoms with Gasteiger partial charge in [0.2, 0.25) is 0 Å². The van der Waals surface area contributed by atoms with Gasteiger partial charge >= 0.3 is 0 Å². The second kappa shape index (κ2) is 12.3. The Kier molecular flexibility index (Phi) is 12.2. The molecule has 6 nitrogen and oxygen atoms in total. The molecule has 8 heteroatoms. The summed E-state index contributed by atoms with van der Waals surface area (Å²) in [5.41, 5.74) is 0. The van der Waals surface area contributed by atoms with Gasteiger partial charge in [-0.3, -0.25) is 4.99 Å². The van der Waals surface area contributed by atoms with Gasteiger partial charge in [0.05, 0.1) is 5.75 Å². The lowest BCUT2D eigenvalue weighted by Crippen LogP contribution is -2.41. The fourth-order valence-corrected chi connectivity index (χ4v) is 3.19. The molecule has 2 N–H and O–H groups in total. The highest BCUT2D eigenvalue weighted by atomic mass is 127. The first-order valence-corrected chi connectivity index (χ1v) is 10.2. The molecule has 0 bridgehead atoms. The number of halogens is 1. The van der Waals surface area contributed by atoms with Crippen molar-refractivity contribution in [2.75, 3.05) is 51.3 Å². The first-order chi connectivity index (χ1) is 10.5. The van der Waals surface area contributed by atoms with E-state index in [0.29, 0.717) is 12.5 Å². The van der Waals surface area contributed by atoms with Crippen molar-refractivity contribution in [3.63, 3.8) is 0 Å². The normalized spacial score (nSPS) is 17.6. The molecule has 0 spiro atoms. The van der Waals surface area contributed by atoms with Gasteiger partial charge < -0.3 is 15.5 Å². The molecule has 1 aliphatic heterocycles. The molecule has 1 aliphatic rings. The smallest absolute Gasteiger partial charge is 0.191 e. The average molecular weight is 460 g/mol. The van der Waals surface area contributed by atoms with Crippen LogP contribution < -0.4 is 10.6 Å². The standard InChI is InChI=1S/C15H32N4O2S.HI/c1-4-22(20,21)13-9-18-15(16-3)17-8-5-10-19-11-6-14(2)7-12-19;/h14H,4-13H2,1-3H3,(H2,16,17,18);1H. The second-order valence-corrected chi connectivity index (χ2v) is 8.51. The zero-order valence-corrected chi connectivity index (χ0v) is 17.8. The van der Waals surface area contributed by atoms with Gasteiger partial charge in [-0.1, -0.05) is 13.8 Å². The number of piperidine rings is 1. The van der Waals surface area contributed by atoms with Crippen molar-refractivity contribution >= 4 is 39.8 Å². The molecular formula is C15H33IN4O2S. The van der Waals surface area contributed by atoms with Crippen molar-refractivity contribution in [2.24, 2.45) is 10.9 Å². The van der Waals surface area contributed by atoms with Crippen molar-refractivity contribution < 1.29 is 8.42 Å². The number of sulfone groups is 1. The summed E-state index contributed by atoms with van der Waals surface area (Å²) in [4.78, 5) is 6.63. The summed E-state index contributed by atoms with van der Waals surface area (Å²) in [6.07, 6.45) is 3.69. The summed E-state index contributed by atoms with van der Waals surface area (Å²) in [5, 5.41) is 6.29. The van der Waals surface area contributed by atoms with Crippen LogP contribution in [-0.2, 0) is 9.84 Å². The molecule has 0 aromatic rings. The van der Waals surface area contributed by atoms with Gasteiger partial charge in [-0.05, 0) is 44.8 Å². The van der Waals surface area contributed by atoms with Crippen LogP contribution in [0.15, 0.2) is 4.99 Å². The third kappa shape index (κ3) is 10.4. The molecule has 1 heterocycles. The zero-order valence-electron chi connectivity index (χ0n) is 14.7. The van der Waals surface area contributed by atoms with E-state index < -0.39 is 9.84 Å². The minimum atomic E-state index is -2.92. The van der Waals surface area contributed by atoms with Crippen molar-refractivity contribution in [3.05, 3.63) is 0 Å². The van der Waals surface area contributed by atoms with E-state index in [-0.39, 0.29) is 35.5 Å². The van der Waals surface area contributed by atoms with Crippen LogP contribution in [0.2, 0.25) is 0 Å². The van der Waals surface area contributed by atoms with Gasteiger partial charge in [0.25, 0.3) is 0 Å². The Bertz CT molecular complexity index is 435. The molecule has 0 amide bonds. The lowest BCUT2D eigenvalue weighted by molar-refractivity contribution is 0.191. The molecule has 0 saturated carbocycles. The molecule has 0 aliphatic carbocycles. The third-order valence-electron chi connectivity index (χ3n) is 4.19. The van der Waals surface area contributed by atoms with Crippen LogP contribution in [0.4, 0.5) is 0 Å². The van der Waals surface area contributed by atoms with E-state index in [1.54, 1.807) is 14.0 Å². The Labute approximate surface area is 158 Å². The largest absolute Gasteiger partial charge is 0.356 e. The maximum Gasteiger partial charge on any atom is 0.191 e. The van der Waals surface area contributed by atoms with E-state index in [1.807, 2.05) is 0 Å². The van der Waals surface area contributed by atoms with Crippen molar-refractivity contribution in [1.82, 2.24) is 15.5 Å². The van der Waals surface area contributed by atoms with Crippen molar-refractivity contribution in [1.29, 1.82) is 0 Å². The van der Waals surface area contributed by atoms with Gasteiger partial charge in [-0.25, -0.2) is 8.42 Å². The van der Waals surface area contributed by atoms with E-state index in [2.05, 4.69) is 27.4 Å². The van der Waals surface area contributed by atoms with Crippen LogP contribution in [0.5, 0.6) is 0 Å². The highest BCUT2D eigenvalue weighted by Gasteiger charge is 2.14. The molecule has 1 saturated heterocycles. The maximum absolute atomic E-state index is 11.4. The topological polar surface area (TPSA) is 73.8 Å². The van der Waals surface area contributed by atoms with Gasteiger partial charge in [0, 0.05) is 25.9 Å². The second-order valence-electron chi connectivity index (χ2n) is 6.04. The molecule has 0 radical (unpaired) electrons. The Hall–Kier alpha value is -0.0900. The van der Waals surface area contributed by atoms with Crippen molar-refractivity contribution in [2.45, 2.75) is 33.1 Å². The minimum Gasteiger partial charge on any atom is -0.356 e. The third-order valence-corrected chi connectivity index (χ3v) is 5.89. The summed E-state index contributed by atoms with van der Waals surface area (Å²) in [6, 6.07) is 0. The fourth-order valence-electron chi connectivity index (χ4n) is 2.49. The highest BCUT2D eigenvalue weighted by molar-refractivity contribution is 14.0. The number of hydrogen-bond acceptors (Lipinski definition) is 4. The maximum atomic E-state index is 11.4. The summed E-state index contributed by atoms with van der Waals surface area (Å²) >= 11 is 0. The van der Waals surface area contributed by atoms with E-state index >= 15 is 0 Å². The summed E-state index contributed by atoms with van der Waals surface area (Å²) < 4.78 is 22.8. The van der Waals surface area contributed by atoms with Gasteiger partial charge in [-0.15, -0.1) is 24.0 Å². The van der Waals surface area contributed by atoms with Crippen LogP contribution in [-0.4, -0.2) is 70.6 Å². The Morgan fingerprint density at radius 2 is 1.83 bits per heavy atom. The average Bonchev–Trinajstić information content (AvgIpc) is 2.51. The molecule has 0 unspecified atom stereocenters. The van der Waals surface area contributed by atoms with Crippen LogP contribution in [0.25, 0.3) is 0 Å². The Balaban J connectivity index is 0.00000484. The summed E-state index contributed by atoms with van der Waals surface area (Å²) in [5.74, 6) is 1.89. The van der Waals surface area contributed by atoms with E-state index in [0.717, 1.165) is 25.4 Å². The predicted octanol–water partition coefficient (Wildman–Crippen LogP) is 1.33. The fraction of sp³-hybridized carbons (Fsp3) is 0.933. The highest BCUT2D eigenvalue weighted by Crippen LogP contribution is 2.15. The van der Waals surface area contributed by atoms with Crippen LogP contribution in [0.3, 0.4) is 0 Å². The number of nitrogens with zero attached hydrogens (tertiary/aromatic N) is 2. The van der Waals surface area contributed by atoms with E-state index in [1.165, 1.54) is 25.9 Å². The van der Waals surface area contributed by atoms with E-state index in [9.17, 15) is 8.42 Å². The molecule has 1 rings (SSSR count). The monoisotopic (exact) mass is 460 g/mol. The SMILES string of the molecule is CCS(=O)(=O)CCNC(=NC)NCCCN1CCC(C)CC1.I. The van der Waals surface area contributed by atoms with E-state index in [4.69, 9.17) is 0 Å². The Morgan fingerprint density at radius 3 is 2.39 bits per heavy atom.